The Morgan fingerprint density at radius 3 is 1.83 bits per heavy atom. The van der Waals surface area contributed by atoms with Crippen LogP contribution in [0.3, 0.4) is 0 Å². The van der Waals surface area contributed by atoms with E-state index >= 15 is 0 Å². The summed E-state index contributed by atoms with van der Waals surface area (Å²) in [5, 5.41) is 22.4. The van der Waals surface area contributed by atoms with Crippen LogP contribution >= 0.6 is 0 Å². The van der Waals surface area contributed by atoms with Gasteiger partial charge < -0.3 is 49.0 Å². The zero-order valence-corrected chi connectivity index (χ0v) is 24.4. The Bertz CT molecular complexity index is 1010. The van der Waals surface area contributed by atoms with Gasteiger partial charge in [0, 0.05) is 25.7 Å². The largest absolute Gasteiger partial charge is 0.492 e. The van der Waals surface area contributed by atoms with Crippen molar-refractivity contribution in [1.82, 2.24) is 10.2 Å². The van der Waals surface area contributed by atoms with Gasteiger partial charge in [0.25, 0.3) is 19.4 Å². The average Bonchev–Trinajstić information content (AvgIpc) is 2.89. The van der Waals surface area contributed by atoms with Gasteiger partial charge >= 0.3 is 20.7 Å². The van der Waals surface area contributed by atoms with Gasteiger partial charge in [0.15, 0.2) is 11.2 Å². The summed E-state index contributed by atoms with van der Waals surface area (Å²) in [5.74, 6) is -11.0. The Morgan fingerprint density at radius 1 is 0.929 bits per heavy atom. The second-order valence-corrected chi connectivity index (χ2v) is 11.0. The van der Waals surface area contributed by atoms with Gasteiger partial charge in [0.1, 0.15) is 12.0 Å². The molecule has 19 heteroatoms. The topological polar surface area (TPSA) is 281 Å². The van der Waals surface area contributed by atoms with Crippen LogP contribution in [-0.2, 0) is 52.6 Å². The Kier molecular flexibility index (Phi) is 14.9. The number of nitrogens with zero attached hydrogens (tertiary/aromatic N) is 1. The van der Waals surface area contributed by atoms with Gasteiger partial charge in [0.2, 0.25) is 23.5 Å². The molecule has 18 nitrogen and oxygen atoms in total. The summed E-state index contributed by atoms with van der Waals surface area (Å²) >= 11 is 0. The second kappa shape index (κ2) is 16.5. The van der Waals surface area contributed by atoms with E-state index in [1.807, 2.05) is 0 Å². The standard InChI is InChI=1S/C23H36N2O16Si/c1-5-22(21(34)35,20(33)24-9-8-10-42(36,37)38)16(39-11-26)15(18(30)25(6-2)7-3)23(14(4)29,41-13-28)17(19(31)32)40-12-27/h11-13,15-17,36-38H,5-10H2,1-4H3,(H,24,33)(H,31,32)(H,34,35)/t15?,16?,17?,22-,23?/m0/s1. The molecule has 2 amide bonds. The maximum atomic E-state index is 14.0. The molecule has 5 atom stereocenters. The quantitative estimate of drug-likeness (QED) is 0.0231. The van der Waals surface area contributed by atoms with Gasteiger partial charge in [-0.3, -0.25) is 33.6 Å². The molecular formula is C23H36N2O16Si. The van der Waals surface area contributed by atoms with Gasteiger partial charge in [-0.2, -0.15) is 0 Å². The van der Waals surface area contributed by atoms with Crippen LogP contribution in [0.1, 0.15) is 40.5 Å². The monoisotopic (exact) mass is 624 g/mol. The zero-order valence-electron chi connectivity index (χ0n) is 23.4. The van der Waals surface area contributed by atoms with Gasteiger partial charge in [-0.1, -0.05) is 6.92 Å². The van der Waals surface area contributed by atoms with Gasteiger partial charge in [-0.05, 0) is 33.6 Å². The van der Waals surface area contributed by atoms with Crippen LogP contribution in [0.25, 0.3) is 0 Å². The first-order chi connectivity index (χ1) is 19.5. The number of amides is 2. The van der Waals surface area contributed by atoms with Crippen molar-refractivity contribution in [1.29, 1.82) is 0 Å². The third kappa shape index (κ3) is 8.30. The van der Waals surface area contributed by atoms with Crippen molar-refractivity contribution in [2.45, 2.75) is 64.4 Å². The van der Waals surface area contributed by atoms with Crippen LogP contribution < -0.4 is 5.32 Å². The van der Waals surface area contributed by atoms with Crippen molar-refractivity contribution >= 4 is 57.8 Å². The number of carboxylic acid groups (broad SMARTS) is 2. The van der Waals surface area contributed by atoms with E-state index in [9.17, 15) is 63.0 Å². The molecule has 0 heterocycles. The summed E-state index contributed by atoms with van der Waals surface area (Å²) in [5.41, 5.74) is -6.38. The summed E-state index contributed by atoms with van der Waals surface area (Å²) in [4.78, 5) is 129. The lowest BCUT2D eigenvalue weighted by molar-refractivity contribution is -0.213. The Hall–Kier alpha value is -3.94. The predicted molar refractivity (Wildman–Crippen MR) is 137 cm³/mol. The lowest BCUT2D eigenvalue weighted by atomic mass is 9.65. The molecule has 0 aromatic rings. The number of nitrogens with one attached hydrogen (secondary N) is 1. The van der Waals surface area contributed by atoms with E-state index < -0.39 is 99.4 Å². The number of aliphatic carboxylic acids is 2. The molecule has 0 aromatic heterocycles. The van der Waals surface area contributed by atoms with E-state index in [1.165, 1.54) is 13.8 Å². The molecule has 42 heavy (non-hydrogen) atoms. The molecule has 0 aliphatic rings. The minimum Gasteiger partial charge on any atom is -0.480 e. The molecule has 6 N–H and O–H groups in total. The number of carbonyl (C=O) groups is 8. The highest BCUT2D eigenvalue weighted by Crippen LogP contribution is 2.43. The number of Topliss-reactive ketones (excluding diaryl/α,β-unsaturated/α-hetero) is 1. The molecule has 0 rings (SSSR count). The first-order valence-corrected chi connectivity index (χ1v) is 14.6. The van der Waals surface area contributed by atoms with Crippen LogP contribution in [0.2, 0.25) is 6.04 Å². The summed E-state index contributed by atoms with van der Waals surface area (Å²) in [6, 6.07) is -0.569. The average molecular weight is 625 g/mol. The third-order valence-corrected chi connectivity index (χ3v) is 7.74. The fourth-order valence-electron chi connectivity index (χ4n) is 4.62. The van der Waals surface area contributed by atoms with Crippen molar-refractivity contribution in [3.05, 3.63) is 0 Å². The molecule has 0 aliphatic carbocycles. The molecule has 0 aliphatic heterocycles. The Morgan fingerprint density at radius 2 is 1.48 bits per heavy atom. The number of ether oxygens (including phenoxy) is 3. The molecule has 0 bridgehead atoms. The van der Waals surface area contributed by atoms with Crippen molar-refractivity contribution < 1.29 is 77.2 Å². The SMILES string of the molecule is CCN(CC)C(=O)C(C(OC=O)[C@](CC)(C(=O)O)C(=O)NCCC[Si](O)(O)O)C(OC=O)(C(C)=O)C(OC=O)C(=O)O. The molecule has 0 saturated carbocycles. The number of hydrogen-bond donors (Lipinski definition) is 6. The fourth-order valence-corrected chi connectivity index (χ4v) is 5.27. The number of rotatable bonds is 22. The van der Waals surface area contributed by atoms with E-state index in [-0.39, 0.29) is 26.0 Å². The molecule has 0 saturated heterocycles. The van der Waals surface area contributed by atoms with E-state index in [0.717, 1.165) is 11.8 Å². The smallest absolute Gasteiger partial charge is 0.480 e. The number of carbonyl (C=O) groups excluding carboxylic acids is 6. The van der Waals surface area contributed by atoms with Crippen molar-refractivity contribution in [2.75, 3.05) is 19.6 Å². The van der Waals surface area contributed by atoms with Crippen LogP contribution in [0, 0.1) is 11.3 Å². The van der Waals surface area contributed by atoms with Crippen molar-refractivity contribution in [3.8, 4) is 0 Å². The van der Waals surface area contributed by atoms with Gasteiger partial charge in [-0.25, -0.2) is 4.79 Å². The molecule has 0 aromatic carbocycles. The van der Waals surface area contributed by atoms with E-state index in [1.54, 1.807) is 0 Å². The molecule has 0 spiro atoms. The highest BCUT2D eigenvalue weighted by molar-refractivity contribution is 6.56. The highest BCUT2D eigenvalue weighted by atomic mass is 28.4. The van der Waals surface area contributed by atoms with Crippen molar-refractivity contribution in [3.63, 3.8) is 0 Å². The lowest BCUT2D eigenvalue weighted by Gasteiger charge is -2.46. The second-order valence-electron chi connectivity index (χ2n) is 8.92. The summed E-state index contributed by atoms with van der Waals surface area (Å²) < 4.78 is 14.5. The maximum absolute atomic E-state index is 14.0. The van der Waals surface area contributed by atoms with Crippen molar-refractivity contribution in [2.24, 2.45) is 11.3 Å². The summed E-state index contributed by atoms with van der Waals surface area (Å²) in [6.07, 6.45) is -6.45. The number of hydrogen-bond acceptors (Lipinski definition) is 14. The molecular weight excluding hydrogens is 588 g/mol. The highest BCUT2D eigenvalue weighted by Gasteiger charge is 2.69. The summed E-state index contributed by atoms with van der Waals surface area (Å²) in [6.45, 7) is 2.56. The Labute approximate surface area is 240 Å². The van der Waals surface area contributed by atoms with Crippen LogP contribution in [0.5, 0.6) is 0 Å². The first kappa shape index (κ1) is 38.1. The van der Waals surface area contributed by atoms with E-state index in [4.69, 9.17) is 9.47 Å². The van der Waals surface area contributed by atoms with Gasteiger partial charge in [-0.15, -0.1) is 0 Å². The lowest BCUT2D eigenvalue weighted by Crippen LogP contribution is -2.70. The minimum atomic E-state index is -4.55. The molecule has 238 valence electrons. The summed E-state index contributed by atoms with van der Waals surface area (Å²) in [7, 11) is -4.55. The van der Waals surface area contributed by atoms with Crippen LogP contribution in [-0.4, -0.2) is 125 Å². The van der Waals surface area contributed by atoms with Crippen LogP contribution in [0.4, 0.5) is 0 Å². The number of carboxylic acids is 2. The van der Waals surface area contributed by atoms with Gasteiger partial charge in [0.05, 0.1) is 0 Å². The Balaban J connectivity index is 7.80. The number of ketones is 1. The molecule has 4 unspecified atom stereocenters. The van der Waals surface area contributed by atoms with E-state index in [2.05, 4.69) is 10.1 Å². The predicted octanol–water partition coefficient (Wildman–Crippen LogP) is -2.96. The maximum Gasteiger partial charge on any atom is 0.492 e. The third-order valence-electron chi connectivity index (χ3n) is 6.71. The van der Waals surface area contributed by atoms with E-state index in [0.29, 0.717) is 6.92 Å². The zero-order chi connectivity index (χ0) is 32.9. The normalized spacial score (nSPS) is 16.2. The minimum absolute atomic E-state index is 0.158. The fraction of sp³-hybridized carbons (Fsp3) is 0.652. The molecule has 0 fully saturated rings. The first-order valence-electron chi connectivity index (χ1n) is 12.5. The molecule has 0 radical (unpaired) electrons. The van der Waals surface area contributed by atoms with Crippen LogP contribution in [0.15, 0.2) is 0 Å².